The zero-order valence-corrected chi connectivity index (χ0v) is 13.3. The number of halogens is 2. The second-order valence-corrected chi connectivity index (χ2v) is 6.85. The summed E-state index contributed by atoms with van der Waals surface area (Å²) in [5.41, 5.74) is 1.30. The van der Waals surface area contributed by atoms with Crippen LogP contribution in [0.1, 0.15) is 37.3 Å². The van der Waals surface area contributed by atoms with Crippen molar-refractivity contribution in [3.05, 3.63) is 33.8 Å². The van der Waals surface area contributed by atoms with Gasteiger partial charge < -0.3 is 5.32 Å². The molecule has 0 spiro atoms. The molecule has 0 unspecified atom stereocenters. The highest BCUT2D eigenvalue weighted by Gasteiger charge is 2.32. The average molecular weight is 313 g/mol. The highest BCUT2D eigenvalue weighted by molar-refractivity contribution is 6.34. The van der Waals surface area contributed by atoms with E-state index >= 15 is 0 Å². The first-order valence-electron chi connectivity index (χ1n) is 7.65. The molecular formula is C16H22Cl2N2. The normalized spacial score (nSPS) is 23.1. The third kappa shape index (κ3) is 3.30. The lowest BCUT2D eigenvalue weighted by Crippen LogP contribution is -2.46. The zero-order chi connectivity index (χ0) is 13.9. The van der Waals surface area contributed by atoms with Gasteiger partial charge in [-0.25, -0.2) is 0 Å². The molecule has 1 heterocycles. The molecule has 1 N–H and O–H groups in total. The molecule has 1 aromatic carbocycles. The maximum atomic E-state index is 6.22. The number of nitrogens with zero attached hydrogens (tertiary/aromatic N) is 1. The van der Waals surface area contributed by atoms with E-state index in [4.69, 9.17) is 23.2 Å². The minimum absolute atomic E-state index is 0.482. The van der Waals surface area contributed by atoms with Crippen LogP contribution in [0.4, 0.5) is 0 Å². The van der Waals surface area contributed by atoms with E-state index in [9.17, 15) is 0 Å². The minimum Gasteiger partial charge on any atom is -0.314 e. The molecule has 2 aliphatic rings. The van der Waals surface area contributed by atoms with Crippen molar-refractivity contribution < 1.29 is 0 Å². The summed E-state index contributed by atoms with van der Waals surface area (Å²) in [6.45, 7) is 4.39. The van der Waals surface area contributed by atoms with Gasteiger partial charge in [-0.2, -0.15) is 0 Å². The van der Waals surface area contributed by atoms with Crippen LogP contribution in [0.3, 0.4) is 0 Å². The van der Waals surface area contributed by atoms with Crippen LogP contribution in [0, 0.1) is 5.92 Å². The highest BCUT2D eigenvalue weighted by Crippen LogP contribution is 2.40. The van der Waals surface area contributed by atoms with Gasteiger partial charge in [0.2, 0.25) is 0 Å². The standard InChI is InChI=1S/C16H22Cl2N2/c17-14-9-13(10-15(18)11-14)16(12-3-1-2-4-12)20-7-5-19-6-8-20/h9-12,16,19H,1-8H2/t16-/m1/s1. The third-order valence-corrected chi connectivity index (χ3v) is 5.05. The molecular weight excluding hydrogens is 291 g/mol. The maximum Gasteiger partial charge on any atom is 0.0424 e. The summed E-state index contributed by atoms with van der Waals surface area (Å²) in [6.07, 6.45) is 5.39. The van der Waals surface area contributed by atoms with Crippen molar-refractivity contribution in [1.82, 2.24) is 10.2 Å². The first-order chi connectivity index (χ1) is 9.74. The SMILES string of the molecule is Clc1cc(Cl)cc([C@@H](C2CCCC2)N2CCNCC2)c1. The first-order valence-corrected chi connectivity index (χ1v) is 8.40. The minimum atomic E-state index is 0.482. The van der Waals surface area contributed by atoms with Crippen molar-refractivity contribution in [3.63, 3.8) is 0 Å². The van der Waals surface area contributed by atoms with Crippen LogP contribution in [0.2, 0.25) is 10.0 Å². The summed E-state index contributed by atoms with van der Waals surface area (Å²) in [6, 6.07) is 6.53. The van der Waals surface area contributed by atoms with Crippen LogP contribution in [0.15, 0.2) is 18.2 Å². The number of benzene rings is 1. The fourth-order valence-electron chi connectivity index (χ4n) is 3.76. The summed E-state index contributed by atoms with van der Waals surface area (Å²) in [5, 5.41) is 4.95. The quantitative estimate of drug-likeness (QED) is 0.902. The Kier molecular flexibility index (Phi) is 4.87. The van der Waals surface area contributed by atoms with E-state index in [-0.39, 0.29) is 0 Å². The first kappa shape index (κ1) is 14.6. The van der Waals surface area contributed by atoms with Gasteiger partial charge in [0.1, 0.15) is 0 Å². The second-order valence-electron chi connectivity index (χ2n) is 5.98. The number of rotatable bonds is 3. The van der Waals surface area contributed by atoms with Crippen molar-refractivity contribution in [2.75, 3.05) is 26.2 Å². The molecule has 0 radical (unpaired) electrons. The van der Waals surface area contributed by atoms with Gasteiger partial charge in [-0.3, -0.25) is 4.90 Å². The van der Waals surface area contributed by atoms with Crippen molar-refractivity contribution in [2.24, 2.45) is 5.92 Å². The van der Waals surface area contributed by atoms with Crippen LogP contribution in [0.25, 0.3) is 0 Å². The molecule has 1 aliphatic carbocycles. The number of piperazine rings is 1. The molecule has 20 heavy (non-hydrogen) atoms. The molecule has 3 rings (SSSR count). The summed E-state index contributed by atoms with van der Waals surface area (Å²) in [5.74, 6) is 0.752. The van der Waals surface area contributed by atoms with Gasteiger partial charge >= 0.3 is 0 Å². The van der Waals surface area contributed by atoms with Gasteiger partial charge in [-0.05, 0) is 42.5 Å². The highest BCUT2D eigenvalue weighted by atomic mass is 35.5. The molecule has 1 saturated carbocycles. The van der Waals surface area contributed by atoms with E-state index in [1.807, 2.05) is 6.07 Å². The van der Waals surface area contributed by atoms with Gasteiger partial charge in [-0.1, -0.05) is 36.0 Å². The van der Waals surface area contributed by atoms with Gasteiger partial charge in [0.25, 0.3) is 0 Å². The van der Waals surface area contributed by atoms with Crippen LogP contribution < -0.4 is 5.32 Å². The van der Waals surface area contributed by atoms with Gasteiger partial charge in [0.05, 0.1) is 0 Å². The maximum absolute atomic E-state index is 6.22. The molecule has 0 aromatic heterocycles. The lowest BCUT2D eigenvalue weighted by molar-refractivity contribution is 0.125. The molecule has 4 heteroatoms. The smallest absolute Gasteiger partial charge is 0.0424 e. The molecule has 1 aromatic rings. The van der Waals surface area contributed by atoms with Crippen molar-refractivity contribution in [2.45, 2.75) is 31.7 Å². The van der Waals surface area contributed by atoms with E-state index < -0.39 is 0 Å². The molecule has 2 fully saturated rings. The van der Waals surface area contributed by atoms with Crippen LogP contribution >= 0.6 is 23.2 Å². The largest absolute Gasteiger partial charge is 0.314 e. The van der Waals surface area contributed by atoms with Crippen molar-refractivity contribution in [3.8, 4) is 0 Å². The van der Waals surface area contributed by atoms with E-state index in [0.29, 0.717) is 6.04 Å². The topological polar surface area (TPSA) is 15.3 Å². The van der Waals surface area contributed by atoms with Crippen LogP contribution in [0.5, 0.6) is 0 Å². The Morgan fingerprint density at radius 1 is 1.00 bits per heavy atom. The van der Waals surface area contributed by atoms with Crippen molar-refractivity contribution >= 4 is 23.2 Å². The van der Waals surface area contributed by atoms with Crippen LogP contribution in [-0.2, 0) is 0 Å². The summed E-state index contributed by atoms with van der Waals surface area (Å²) >= 11 is 12.4. The van der Waals surface area contributed by atoms with Gasteiger partial charge in [0.15, 0.2) is 0 Å². The summed E-state index contributed by atoms with van der Waals surface area (Å²) in [4.78, 5) is 2.62. The molecule has 1 atom stereocenters. The van der Waals surface area contributed by atoms with E-state index in [0.717, 1.165) is 42.1 Å². The molecule has 0 amide bonds. The molecule has 1 saturated heterocycles. The molecule has 1 aliphatic heterocycles. The Labute approximate surface area is 131 Å². The third-order valence-electron chi connectivity index (χ3n) is 4.62. The predicted molar refractivity (Wildman–Crippen MR) is 85.6 cm³/mol. The van der Waals surface area contributed by atoms with E-state index in [1.165, 1.54) is 31.2 Å². The molecule has 110 valence electrons. The Morgan fingerprint density at radius 2 is 1.60 bits per heavy atom. The van der Waals surface area contributed by atoms with Gasteiger partial charge in [-0.15, -0.1) is 0 Å². The zero-order valence-electron chi connectivity index (χ0n) is 11.7. The summed E-state index contributed by atoms with van der Waals surface area (Å²) in [7, 11) is 0. The molecule has 2 nitrogen and oxygen atoms in total. The van der Waals surface area contributed by atoms with E-state index in [1.54, 1.807) is 0 Å². The van der Waals surface area contributed by atoms with Gasteiger partial charge in [0, 0.05) is 42.3 Å². The Morgan fingerprint density at radius 3 is 2.20 bits per heavy atom. The Bertz CT molecular complexity index is 432. The number of hydrogen-bond acceptors (Lipinski definition) is 2. The number of nitrogens with one attached hydrogen (secondary N) is 1. The Balaban J connectivity index is 1.90. The average Bonchev–Trinajstić information content (AvgIpc) is 2.93. The Hall–Kier alpha value is -0.280. The number of hydrogen-bond donors (Lipinski definition) is 1. The lowest BCUT2D eigenvalue weighted by atomic mass is 9.90. The predicted octanol–water partition coefficient (Wildman–Crippen LogP) is 4.13. The fourth-order valence-corrected chi connectivity index (χ4v) is 4.30. The van der Waals surface area contributed by atoms with E-state index in [2.05, 4.69) is 22.3 Å². The lowest BCUT2D eigenvalue weighted by Gasteiger charge is -2.38. The fraction of sp³-hybridized carbons (Fsp3) is 0.625. The molecule has 0 bridgehead atoms. The summed E-state index contributed by atoms with van der Waals surface area (Å²) < 4.78 is 0. The van der Waals surface area contributed by atoms with Crippen LogP contribution in [-0.4, -0.2) is 31.1 Å². The monoisotopic (exact) mass is 312 g/mol. The van der Waals surface area contributed by atoms with Crippen molar-refractivity contribution in [1.29, 1.82) is 0 Å². The second kappa shape index (κ2) is 6.65.